The molecule has 0 aliphatic rings. The highest BCUT2D eigenvalue weighted by Crippen LogP contribution is 2.14. The van der Waals surface area contributed by atoms with Crippen LogP contribution >= 0.6 is 0 Å². The Balaban J connectivity index is 1.33. The van der Waals surface area contributed by atoms with Gasteiger partial charge in [-0.15, -0.1) is 0 Å². The van der Waals surface area contributed by atoms with Gasteiger partial charge in [0.1, 0.15) is 6.54 Å². The molecule has 0 saturated heterocycles. The average molecular weight is 552 g/mol. The number of hydrogen-bond donors (Lipinski definition) is 1. The van der Waals surface area contributed by atoms with Gasteiger partial charge in [0, 0.05) is 37.1 Å². The molecule has 0 spiro atoms. The Morgan fingerprint density at radius 1 is 0.500 bits per heavy atom. The van der Waals surface area contributed by atoms with Gasteiger partial charge in [-0.25, -0.2) is 4.57 Å². The van der Waals surface area contributed by atoms with Crippen LogP contribution in [0, 0.1) is 0 Å². The fourth-order valence-electron chi connectivity index (χ4n) is 5.83. The van der Waals surface area contributed by atoms with Gasteiger partial charge >= 0.3 is 0 Å². The molecule has 226 valence electrons. The first-order valence-corrected chi connectivity index (χ1v) is 17.4. The van der Waals surface area contributed by atoms with Crippen molar-refractivity contribution in [1.29, 1.82) is 0 Å². The predicted molar refractivity (Wildman–Crippen MR) is 172 cm³/mol. The molecule has 2 rings (SSSR count). The summed E-state index contributed by atoms with van der Waals surface area (Å²) < 4.78 is 2.42. The van der Waals surface area contributed by atoms with Crippen LogP contribution in [-0.4, -0.2) is 16.7 Å². The molecule has 1 N–H and O–H groups in total. The number of aromatic nitrogens is 2. The molecule has 3 heteroatoms. The van der Waals surface area contributed by atoms with E-state index < -0.39 is 0 Å². The zero-order valence-corrected chi connectivity index (χ0v) is 26.1. The fraction of sp³-hybridized carbons (Fsp3) is 0.730. The Hall–Kier alpha value is -1.74. The highest BCUT2D eigenvalue weighted by molar-refractivity contribution is 5.08. The second-order valence-electron chi connectivity index (χ2n) is 12.2. The zero-order chi connectivity index (χ0) is 28.2. The minimum atomic E-state index is 0.362. The van der Waals surface area contributed by atoms with Crippen LogP contribution in [0.1, 0.15) is 159 Å². The lowest BCUT2D eigenvalue weighted by Gasteiger charge is -2.04. The predicted octanol–water partition coefficient (Wildman–Crippen LogP) is 10.1. The molecule has 0 aliphatic heterocycles. The first-order chi connectivity index (χ1) is 19.9. The highest BCUT2D eigenvalue weighted by Gasteiger charge is 2.03. The summed E-state index contributed by atoms with van der Waals surface area (Å²) in [6, 6.07) is 8.81. The maximum absolute atomic E-state index is 8.81. The molecule has 0 radical (unpaired) electrons. The maximum Gasteiger partial charge on any atom is 0.171 e. The normalized spacial score (nSPS) is 11.3. The van der Waals surface area contributed by atoms with E-state index in [2.05, 4.69) is 40.1 Å². The minimum absolute atomic E-state index is 0.362. The lowest BCUT2D eigenvalue weighted by atomic mass is 10.0. The van der Waals surface area contributed by atoms with Crippen molar-refractivity contribution in [2.75, 3.05) is 6.61 Å². The van der Waals surface area contributed by atoms with Crippen LogP contribution in [0.5, 0.6) is 0 Å². The third kappa shape index (κ3) is 20.2. The molecule has 2 heterocycles. The first kappa shape index (κ1) is 34.5. The molecule has 0 aromatic carbocycles. The van der Waals surface area contributed by atoms with Gasteiger partial charge in [0.2, 0.25) is 0 Å². The monoisotopic (exact) mass is 551 g/mol. The SMILES string of the molecule is OCCCCCCCCCCCCCCc1ccc[n+](CCCCCCCCCCCCCc2cccnc2)c1. The van der Waals surface area contributed by atoms with Gasteiger partial charge in [-0.05, 0) is 56.2 Å². The van der Waals surface area contributed by atoms with Crippen molar-refractivity contribution in [3.8, 4) is 0 Å². The van der Waals surface area contributed by atoms with Gasteiger partial charge in [-0.3, -0.25) is 4.98 Å². The first-order valence-electron chi connectivity index (χ1n) is 17.4. The molecule has 2 aromatic heterocycles. The second kappa shape index (κ2) is 26.2. The lowest BCUT2D eigenvalue weighted by molar-refractivity contribution is -0.697. The van der Waals surface area contributed by atoms with Crippen LogP contribution in [0.15, 0.2) is 49.1 Å². The average Bonchev–Trinajstić information content (AvgIpc) is 2.98. The number of rotatable bonds is 28. The Morgan fingerprint density at radius 3 is 1.45 bits per heavy atom. The number of aryl methyl sites for hydroxylation is 3. The minimum Gasteiger partial charge on any atom is -0.396 e. The fourth-order valence-corrected chi connectivity index (χ4v) is 5.83. The Labute approximate surface area is 248 Å². The van der Waals surface area contributed by atoms with Crippen molar-refractivity contribution in [3.05, 3.63) is 60.2 Å². The topological polar surface area (TPSA) is 37.0 Å². The van der Waals surface area contributed by atoms with Gasteiger partial charge < -0.3 is 5.11 Å². The molecule has 0 bridgehead atoms. The van der Waals surface area contributed by atoms with Gasteiger partial charge in [-0.2, -0.15) is 0 Å². The summed E-state index contributed by atoms with van der Waals surface area (Å²) in [5.41, 5.74) is 2.90. The maximum atomic E-state index is 8.81. The van der Waals surface area contributed by atoms with Crippen LogP contribution in [0.2, 0.25) is 0 Å². The lowest BCUT2D eigenvalue weighted by Crippen LogP contribution is -2.33. The summed E-state index contributed by atoms with van der Waals surface area (Å²) in [6.07, 6.45) is 42.1. The van der Waals surface area contributed by atoms with Crippen molar-refractivity contribution in [2.24, 2.45) is 0 Å². The second-order valence-corrected chi connectivity index (χ2v) is 12.2. The molecule has 0 fully saturated rings. The van der Waals surface area contributed by atoms with E-state index in [1.165, 1.54) is 172 Å². The number of nitrogens with zero attached hydrogens (tertiary/aromatic N) is 2. The standard InChI is InChI=1S/C37H63N2O/c40-33-23-19-15-11-7-2-1-4-9-13-17-21-27-37-29-25-32-39(35-37)31-22-18-14-10-6-3-5-8-12-16-20-26-36-28-24-30-38-34-36/h24-25,28-30,32,34-35,40H,1-23,26-27,31,33H2/q+1. The van der Waals surface area contributed by atoms with Gasteiger partial charge in [0.05, 0.1) is 0 Å². The zero-order valence-electron chi connectivity index (χ0n) is 26.1. The van der Waals surface area contributed by atoms with E-state index in [9.17, 15) is 0 Å². The van der Waals surface area contributed by atoms with E-state index in [0.717, 1.165) is 6.42 Å². The van der Waals surface area contributed by atoms with Crippen molar-refractivity contribution in [1.82, 2.24) is 4.98 Å². The number of unbranched alkanes of at least 4 members (excludes halogenated alkanes) is 21. The summed E-state index contributed by atoms with van der Waals surface area (Å²) in [5, 5.41) is 8.81. The highest BCUT2D eigenvalue weighted by atomic mass is 16.2. The molecule has 0 aliphatic carbocycles. The smallest absolute Gasteiger partial charge is 0.171 e. The van der Waals surface area contributed by atoms with Gasteiger partial charge in [0.25, 0.3) is 0 Å². The van der Waals surface area contributed by atoms with Crippen molar-refractivity contribution >= 4 is 0 Å². The van der Waals surface area contributed by atoms with E-state index in [1.54, 1.807) is 0 Å². The van der Waals surface area contributed by atoms with E-state index in [0.29, 0.717) is 6.61 Å². The molecular weight excluding hydrogens is 488 g/mol. The number of hydrogen-bond acceptors (Lipinski definition) is 2. The Bertz CT molecular complexity index is 794. The van der Waals surface area contributed by atoms with Gasteiger partial charge in [-0.1, -0.05) is 122 Å². The molecule has 0 atom stereocenters. The van der Waals surface area contributed by atoms with Crippen LogP contribution < -0.4 is 4.57 Å². The van der Waals surface area contributed by atoms with Crippen molar-refractivity contribution in [2.45, 2.75) is 167 Å². The van der Waals surface area contributed by atoms with Crippen LogP contribution in [0.4, 0.5) is 0 Å². The van der Waals surface area contributed by atoms with Crippen molar-refractivity contribution in [3.63, 3.8) is 0 Å². The Morgan fingerprint density at radius 2 is 0.950 bits per heavy atom. The summed E-state index contributed by atoms with van der Waals surface area (Å²) in [5.74, 6) is 0. The van der Waals surface area contributed by atoms with Crippen molar-refractivity contribution < 1.29 is 9.67 Å². The quantitative estimate of drug-likeness (QED) is 0.0843. The summed E-state index contributed by atoms with van der Waals surface area (Å²) in [4.78, 5) is 4.20. The third-order valence-corrected chi connectivity index (χ3v) is 8.40. The third-order valence-electron chi connectivity index (χ3n) is 8.40. The number of aliphatic hydroxyl groups is 1. The molecular formula is C37H63N2O+. The van der Waals surface area contributed by atoms with E-state index >= 15 is 0 Å². The number of aliphatic hydroxyl groups excluding tert-OH is 1. The van der Waals surface area contributed by atoms with E-state index in [4.69, 9.17) is 5.11 Å². The largest absolute Gasteiger partial charge is 0.396 e. The van der Waals surface area contributed by atoms with Gasteiger partial charge in [0.15, 0.2) is 12.4 Å². The number of pyridine rings is 2. The van der Waals surface area contributed by atoms with Crippen LogP contribution in [0.25, 0.3) is 0 Å². The molecule has 40 heavy (non-hydrogen) atoms. The van der Waals surface area contributed by atoms with Crippen LogP contribution in [-0.2, 0) is 19.4 Å². The summed E-state index contributed by atoms with van der Waals surface area (Å²) in [6.45, 7) is 1.54. The summed E-state index contributed by atoms with van der Waals surface area (Å²) in [7, 11) is 0. The molecule has 0 saturated carbocycles. The Kier molecular flexibility index (Phi) is 22.6. The van der Waals surface area contributed by atoms with E-state index in [-0.39, 0.29) is 0 Å². The molecule has 0 amide bonds. The molecule has 0 unspecified atom stereocenters. The molecule has 3 nitrogen and oxygen atoms in total. The molecule has 2 aromatic rings. The van der Waals surface area contributed by atoms with Crippen LogP contribution in [0.3, 0.4) is 0 Å². The van der Waals surface area contributed by atoms with E-state index in [1.807, 2.05) is 18.5 Å². The summed E-state index contributed by atoms with van der Waals surface area (Å²) >= 11 is 0.